The first kappa shape index (κ1) is 31.4. The average molecular weight is 679 g/mol. The highest BCUT2D eigenvalue weighted by Gasteiger charge is 2.54. The van der Waals surface area contributed by atoms with Crippen LogP contribution < -0.4 is 15.0 Å². The smallest absolute Gasteiger partial charge is 0.319 e. The minimum Gasteiger partial charge on any atom is -0.508 e. The predicted octanol–water partition coefficient (Wildman–Crippen LogP) is 6.09. The Kier molecular flexibility index (Phi) is 7.39. The van der Waals surface area contributed by atoms with E-state index in [-0.39, 0.29) is 50.3 Å². The van der Waals surface area contributed by atoms with Crippen LogP contribution in [0.1, 0.15) is 69.8 Å². The van der Waals surface area contributed by atoms with Gasteiger partial charge in [0, 0.05) is 66.2 Å². The molecule has 0 spiro atoms. The van der Waals surface area contributed by atoms with Gasteiger partial charge in [0.2, 0.25) is 5.91 Å². The molecule has 6 fully saturated rings. The Labute approximate surface area is 289 Å². The third-order valence-corrected chi connectivity index (χ3v) is 12.4. The van der Waals surface area contributed by atoms with Gasteiger partial charge in [0.1, 0.15) is 28.6 Å². The Morgan fingerprint density at radius 2 is 1.76 bits per heavy atom. The summed E-state index contributed by atoms with van der Waals surface area (Å²) in [7, 11) is 0. The van der Waals surface area contributed by atoms with Crippen LogP contribution in [-0.2, 0) is 4.79 Å². The summed E-state index contributed by atoms with van der Waals surface area (Å²) in [4.78, 5) is 31.9. The lowest BCUT2D eigenvalue weighted by Gasteiger charge is -2.52. The number of halogens is 2. The molecule has 2 atom stereocenters. The number of likely N-dealkylation sites (tertiary alicyclic amines) is 1. The number of carbonyl (C=O) groups is 1. The Hall–Kier alpha value is -4.56. The van der Waals surface area contributed by atoms with E-state index in [1.165, 1.54) is 24.3 Å². The number of piperazine rings is 1. The van der Waals surface area contributed by atoms with Crippen molar-refractivity contribution in [2.24, 2.45) is 10.8 Å². The second-order valence-electron chi connectivity index (χ2n) is 15.3. The molecule has 2 N–H and O–H groups in total. The van der Waals surface area contributed by atoms with Gasteiger partial charge in [-0.3, -0.25) is 9.78 Å². The number of pyridine rings is 1. The van der Waals surface area contributed by atoms with Crippen LogP contribution in [0.3, 0.4) is 0 Å². The van der Waals surface area contributed by atoms with E-state index in [9.17, 15) is 14.3 Å². The van der Waals surface area contributed by atoms with Crippen molar-refractivity contribution >= 4 is 33.4 Å². The molecular formula is C39H40F2N6O3. The van der Waals surface area contributed by atoms with Gasteiger partial charge >= 0.3 is 6.01 Å². The molecule has 3 saturated carbocycles. The minimum absolute atomic E-state index is 0.0344. The van der Waals surface area contributed by atoms with Gasteiger partial charge in [-0.1, -0.05) is 12.0 Å². The van der Waals surface area contributed by atoms with Crippen molar-refractivity contribution in [3.8, 4) is 35.4 Å². The number of aromatic nitrogens is 3. The standard InChI is InChI=1S/C39H40F2N6O3/c1-2-27-30(40)8-5-23-17-26(48)18-28(31(23)27)33-32(41)34-29(19-42-33)35(47-20-24-6-7-25(21-47)43-24)45-37(44-34)50-22-38-9-12-39(13-10-38,14-11-38)36(49)46-15-3-4-16-46/h1,5,8,17-19,24-25,43,48H,3-4,6-7,9-16,20-22H2/t24-,25+,38?,39?. The van der Waals surface area contributed by atoms with E-state index in [0.717, 1.165) is 77.3 Å². The van der Waals surface area contributed by atoms with Crippen LogP contribution in [0.15, 0.2) is 30.5 Å². The molecule has 10 rings (SSSR count). The summed E-state index contributed by atoms with van der Waals surface area (Å²) in [5.74, 6) is 1.83. The van der Waals surface area contributed by atoms with E-state index in [0.29, 0.717) is 54.3 Å². The molecule has 0 radical (unpaired) electrons. The number of hydrogen-bond donors (Lipinski definition) is 2. The summed E-state index contributed by atoms with van der Waals surface area (Å²) >= 11 is 0. The first-order valence-electron chi connectivity index (χ1n) is 18.0. The monoisotopic (exact) mass is 678 g/mol. The zero-order chi connectivity index (χ0) is 34.2. The second kappa shape index (κ2) is 11.8. The molecule has 9 nitrogen and oxygen atoms in total. The molecule has 3 aliphatic carbocycles. The fourth-order valence-corrected chi connectivity index (χ4v) is 9.51. The van der Waals surface area contributed by atoms with Gasteiger partial charge in [0.05, 0.1) is 17.6 Å². The quantitative estimate of drug-likeness (QED) is 0.236. The number of rotatable bonds is 6. The first-order valence-corrected chi connectivity index (χ1v) is 18.0. The summed E-state index contributed by atoms with van der Waals surface area (Å²) in [6.07, 6.45) is 16.9. The van der Waals surface area contributed by atoms with E-state index < -0.39 is 11.6 Å². The van der Waals surface area contributed by atoms with Gasteiger partial charge in [-0.25, -0.2) is 8.78 Å². The normalized spacial score (nSPS) is 27.3. The molecular weight excluding hydrogens is 638 g/mol. The maximum Gasteiger partial charge on any atom is 0.319 e. The molecule has 3 aliphatic heterocycles. The molecule has 1 amide bonds. The third kappa shape index (κ3) is 5.05. The van der Waals surface area contributed by atoms with Gasteiger partial charge in [0.15, 0.2) is 5.82 Å². The average Bonchev–Trinajstić information content (AvgIpc) is 3.80. The molecule has 50 heavy (non-hydrogen) atoms. The Morgan fingerprint density at radius 1 is 1.04 bits per heavy atom. The summed E-state index contributed by atoms with van der Waals surface area (Å²) in [6, 6.07) is 6.26. The van der Waals surface area contributed by atoms with E-state index in [1.54, 1.807) is 6.20 Å². The number of ether oxygens (including phenoxy) is 1. The Bertz CT molecular complexity index is 2060. The lowest BCUT2D eigenvalue weighted by Crippen LogP contribution is -2.52. The minimum atomic E-state index is -0.730. The summed E-state index contributed by atoms with van der Waals surface area (Å²) in [6.45, 7) is 3.57. The number of anilines is 1. The van der Waals surface area contributed by atoms with Crippen molar-refractivity contribution < 1.29 is 23.4 Å². The van der Waals surface area contributed by atoms with E-state index >= 15 is 4.39 Å². The SMILES string of the molecule is C#Cc1c(F)ccc2cc(O)cc(-c3ncc4c(N5C[C@H]6CC[C@@H](C5)N6)nc(OCC56CCC(C(=O)N7CCCC7)(CC5)CC6)nc4c3F)c12. The van der Waals surface area contributed by atoms with Gasteiger partial charge < -0.3 is 25.0 Å². The number of phenols is 1. The highest BCUT2D eigenvalue weighted by molar-refractivity contribution is 6.03. The first-order chi connectivity index (χ1) is 24.2. The van der Waals surface area contributed by atoms with Crippen molar-refractivity contribution in [2.75, 3.05) is 37.7 Å². The molecule has 258 valence electrons. The molecule has 0 unspecified atom stereocenters. The van der Waals surface area contributed by atoms with Crippen molar-refractivity contribution in [1.29, 1.82) is 0 Å². The van der Waals surface area contributed by atoms with Crippen LogP contribution in [0.5, 0.6) is 11.8 Å². The Balaban J connectivity index is 1.09. The second-order valence-corrected chi connectivity index (χ2v) is 15.3. The van der Waals surface area contributed by atoms with Gasteiger partial charge in [0.25, 0.3) is 0 Å². The lowest BCUT2D eigenvalue weighted by molar-refractivity contribution is -0.152. The number of terminal acetylenes is 1. The summed E-state index contributed by atoms with van der Waals surface area (Å²) in [5, 5.41) is 15.4. The molecule has 6 aliphatic rings. The lowest BCUT2D eigenvalue weighted by atomic mass is 9.53. The van der Waals surface area contributed by atoms with Gasteiger partial charge in [-0.15, -0.1) is 6.42 Å². The van der Waals surface area contributed by atoms with Crippen LogP contribution in [0.25, 0.3) is 32.9 Å². The van der Waals surface area contributed by atoms with Crippen molar-refractivity contribution in [3.05, 3.63) is 47.7 Å². The van der Waals surface area contributed by atoms with Crippen molar-refractivity contribution in [3.63, 3.8) is 0 Å². The Morgan fingerprint density at radius 3 is 2.46 bits per heavy atom. The van der Waals surface area contributed by atoms with Crippen LogP contribution in [-0.4, -0.2) is 75.7 Å². The highest BCUT2D eigenvalue weighted by atomic mass is 19.1. The van der Waals surface area contributed by atoms with Gasteiger partial charge in [-0.2, -0.15) is 9.97 Å². The zero-order valence-corrected chi connectivity index (χ0v) is 28.0. The fourth-order valence-electron chi connectivity index (χ4n) is 9.51. The van der Waals surface area contributed by atoms with Crippen LogP contribution in [0.2, 0.25) is 0 Å². The van der Waals surface area contributed by atoms with Gasteiger partial charge in [-0.05, 0) is 87.8 Å². The molecule has 4 bridgehead atoms. The maximum absolute atomic E-state index is 16.9. The summed E-state index contributed by atoms with van der Waals surface area (Å²) in [5.41, 5.74) is -0.259. The molecule has 4 aromatic rings. The van der Waals surface area contributed by atoms with Crippen molar-refractivity contribution in [2.45, 2.75) is 76.3 Å². The number of nitrogens with one attached hydrogen (secondary N) is 1. The largest absolute Gasteiger partial charge is 0.508 e. The number of carbonyl (C=O) groups excluding carboxylic acids is 1. The van der Waals surface area contributed by atoms with Crippen molar-refractivity contribution in [1.82, 2.24) is 25.2 Å². The molecule has 2 aromatic heterocycles. The van der Waals surface area contributed by atoms with Crippen LogP contribution in [0, 0.1) is 34.8 Å². The maximum atomic E-state index is 16.9. The molecule has 2 aromatic carbocycles. The predicted molar refractivity (Wildman–Crippen MR) is 186 cm³/mol. The number of aromatic hydroxyl groups is 1. The topological polar surface area (TPSA) is 104 Å². The molecule has 3 saturated heterocycles. The highest BCUT2D eigenvalue weighted by Crippen LogP contribution is 2.58. The van der Waals surface area contributed by atoms with E-state index in [4.69, 9.17) is 16.1 Å². The number of amides is 1. The fraction of sp³-hybridized carbons (Fsp3) is 0.487. The van der Waals surface area contributed by atoms with E-state index in [2.05, 4.69) is 31.0 Å². The van der Waals surface area contributed by atoms with E-state index in [1.807, 2.05) is 0 Å². The third-order valence-electron chi connectivity index (χ3n) is 12.4. The zero-order valence-electron chi connectivity index (χ0n) is 28.0. The number of fused-ring (bicyclic) bond motifs is 7. The number of nitrogens with zero attached hydrogens (tertiary/aromatic N) is 5. The molecule has 5 heterocycles. The number of hydrogen-bond acceptors (Lipinski definition) is 8. The number of phenolic OH excluding ortho intramolecular Hbond substituents is 1. The summed E-state index contributed by atoms with van der Waals surface area (Å²) < 4.78 is 38.3. The number of benzene rings is 2. The molecule has 11 heteroatoms. The van der Waals surface area contributed by atoms with Crippen LogP contribution >= 0.6 is 0 Å². The van der Waals surface area contributed by atoms with Crippen LogP contribution in [0.4, 0.5) is 14.6 Å².